The summed E-state index contributed by atoms with van der Waals surface area (Å²) in [6.45, 7) is 23.4. The Balaban J connectivity index is 6.39. The zero-order valence-corrected chi connectivity index (χ0v) is 25.1. The van der Waals surface area contributed by atoms with E-state index in [2.05, 4.69) is 11.9 Å². The van der Waals surface area contributed by atoms with E-state index in [1.54, 1.807) is 53.8 Å². The fourth-order valence-corrected chi connectivity index (χ4v) is 3.86. The van der Waals surface area contributed by atoms with Crippen LogP contribution in [0.5, 0.6) is 0 Å². The number of rotatable bonds is 10. The van der Waals surface area contributed by atoms with Crippen LogP contribution in [0, 0.1) is 16.7 Å². The van der Waals surface area contributed by atoms with Gasteiger partial charge in [0.25, 0.3) is 0 Å². The first-order valence-electron chi connectivity index (χ1n) is 12.6. The standard InChI is InChI=1S/C28H49N3O6/c1-15-28(11,12)21(31(14)25(36)37-27(8,9)10)22(32)29-20(26(5,6)7)23(33)30(13)19(17(2)3)16-18(4)24(34)35/h15-17,19-21H,1H2,2-14H3,(H,29,32)(H,34,35)/b18-16+/t19-,20-,21-/m1/s1. The van der Waals surface area contributed by atoms with Gasteiger partial charge in [-0.05, 0) is 39.0 Å². The van der Waals surface area contributed by atoms with E-state index in [1.165, 1.54) is 23.8 Å². The Morgan fingerprint density at radius 3 is 1.78 bits per heavy atom. The minimum absolute atomic E-state index is 0.0784. The van der Waals surface area contributed by atoms with Gasteiger partial charge in [0.05, 0.1) is 6.04 Å². The zero-order valence-electron chi connectivity index (χ0n) is 25.1. The SMILES string of the molecule is C=CC(C)(C)[C@@H](C(=O)N[C@H](C(=O)N(C)[C@H](/C=C(\C)C(=O)O)C(C)C)C(C)(C)C)N(C)C(=O)OC(C)(C)C. The fourth-order valence-electron chi connectivity index (χ4n) is 3.86. The number of hydrogen-bond acceptors (Lipinski definition) is 5. The van der Waals surface area contributed by atoms with Gasteiger partial charge in [-0.25, -0.2) is 9.59 Å². The number of carboxylic acids is 1. The molecule has 0 aliphatic rings. The summed E-state index contributed by atoms with van der Waals surface area (Å²) in [4.78, 5) is 54.5. The number of likely N-dealkylation sites (N-methyl/N-ethyl adjacent to an activating group) is 2. The third-order valence-corrected chi connectivity index (χ3v) is 6.18. The molecule has 2 N–H and O–H groups in total. The number of carbonyl (C=O) groups excluding carboxylic acids is 3. The average molecular weight is 524 g/mol. The van der Waals surface area contributed by atoms with Gasteiger partial charge in [0.1, 0.15) is 17.7 Å². The molecule has 3 atom stereocenters. The van der Waals surface area contributed by atoms with Crippen molar-refractivity contribution in [2.45, 2.75) is 99.9 Å². The topological polar surface area (TPSA) is 116 Å². The van der Waals surface area contributed by atoms with Crippen LogP contribution in [-0.4, -0.2) is 76.6 Å². The summed E-state index contributed by atoms with van der Waals surface area (Å²) in [7, 11) is 3.08. The van der Waals surface area contributed by atoms with Crippen molar-refractivity contribution in [1.82, 2.24) is 15.1 Å². The molecular formula is C28H49N3O6. The van der Waals surface area contributed by atoms with Gasteiger partial charge < -0.3 is 20.1 Å². The number of carboxylic acid groups (broad SMARTS) is 1. The van der Waals surface area contributed by atoms with Crippen molar-refractivity contribution in [2.24, 2.45) is 16.7 Å². The van der Waals surface area contributed by atoms with Crippen LogP contribution in [-0.2, 0) is 19.1 Å². The number of nitrogens with zero attached hydrogens (tertiary/aromatic N) is 2. The van der Waals surface area contributed by atoms with Crippen molar-refractivity contribution in [3.8, 4) is 0 Å². The molecular weight excluding hydrogens is 474 g/mol. The van der Waals surface area contributed by atoms with E-state index in [0.717, 1.165) is 0 Å². The van der Waals surface area contributed by atoms with Crippen LogP contribution >= 0.6 is 0 Å². The maximum absolute atomic E-state index is 13.8. The van der Waals surface area contributed by atoms with Crippen molar-refractivity contribution in [1.29, 1.82) is 0 Å². The highest BCUT2D eigenvalue weighted by molar-refractivity contribution is 5.92. The lowest BCUT2D eigenvalue weighted by Crippen LogP contribution is -2.62. The number of carbonyl (C=O) groups is 4. The van der Waals surface area contributed by atoms with Crippen molar-refractivity contribution < 1.29 is 29.0 Å². The third kappa shape index (κ3) is 9.85. The molecule has 3 amide bonds. The van der Waals surface area contributed by atoms with Gasteiger partial charge in [-0.1, -0.05) is 60.6 Å². The van der Waals surface area contributed by atoms with Crippen molar-refractivity contribution in [3.63, 3.8) is 0 Å². The molecule has 0 aliphatic carbocycles. The molecule has 0 aliphatic heterocycles. The minimum atomic E-state index is -1.06. The molecule has 37 heavy (non-hydrogen) atoms. The molecule has 0 saturated heterocycles. The zero-order chi connectivity index (χ0) is 29.7. The van der Waals surface area contributed by atoms with E-state index >= 15 is 0 Å². The lowest BCUT2D eigenvalue weighted by Gasteiger charge is -2.41. The van der Waals surface area contributed by atoms with Gasteiger partial charge in [0.15, 0.2) is 0 Å². The minimum Gasteiger partial charge on any atom is -0.478 e. The number of hydrogen-bond donors (Lipinski definition) is 2. The van der Waals surface area contributed by atoms with Crippen LogP contribution in [0.4, 0.5) is 4.79 Å². The molecule has 0 rings (SSSR count). The second-order valence-corrected chi connectivity index (χ2v) is 12.7. The normalized spacial score (nSPS) is 15.4. The molecule has 0 spiro atoms. The fraction of sp³-hybridized carbons (Fsp3) is 0.714. The van der Waals surface area contributed by atoms with Crippen LogP contribution in [0.2, 0.25) is 0 Å². The summed E-state index contributed by atoms with van der Waals surface area (Å²) in [5.74, 6) is -2.04. The van der Waals surface area contributed by atoms with E-state index in [-0.39, 0.29) is 17.4 Å². The number of nitrogens with one attached hydrogen (secondary N) is 1. The van der Waals surface area contributed by atoms with Crippen LogP contribution in [0.1, 0.15) is 76.2 Å². The molecule has 0 aromatic carbocycles. The first kappa shape index (κ1) is 34.2. The van der Waals surface area contributed by atoms with Crippen LogP contribution in [0.3, 0.4) is 0 Å². The second-order valence-electron chi connectivity index (χ2n) is 12.7. The Labute approximate surface area is 223 Å². The Morgan fingerprint density at radius 1 is 0.946 bits per heavy atom. The summed E-state index contributed by atoms with van der Waals surface area (Å²) in [5.41, 5.74) is -2.18. The van der Waals surface area contributed by atoms with Crippen molar-refractivity contribution in [2.75, 3.05) is 14.1 Å². The summed E-state index contributed by atoms with van der Waals surface area (Å²) in [5, 5.41) is 12.2. The van der Waals surface area contributed by atoms with E-state index in [1.807, 2.05) is 34.6 Å². The maximum atomic E-state index is 13.8. The number of ether oxygens (including phenoxy) is 1. The Hall–Kier alpha value is -2.84. The Kier molecular flexibility index (Phi) is 11.6. The lowest BCUT2D eigenvalue weighted by atomic mass is 9.81. The molecule has 0 fully saturated rings. The van der Waals surface area contributed by atoms with Gasteiger partial charge in [0, 0.05) is 25.1 Å². The number of amides is 3. The van der Waals surface area contributed by atoms with Gasteiger partial charge >= 0.3 is 12.1 Å². The van der Waals surface area contributed by atoms with Crippen LogP contribution in [0.15, 0.2) is 24.3 Å². The Bertz CT molecular complexity index is 893. The maximum Gasteiger partial charge on any atom is 0.410 e. The first-order valence-corrected chi connectivity index (χ1v) is 12.6. The lowest BCUT2D eigenvalue weighted by molar-refractivity contribution is -0.142. The van der Waals surface area contributed by atoms with Gasteiger partial charge in [-0.2, -0.15) is 0 Å². The molecule has 0 heterocycles. The summed E-state index contributed by atoms with van der Waals surface area (Å²) < 4.78 is 5.49. The Morgan fingerprint density at radius 2 is 1.43 bits per heavy atom. The third-order valence-electron chi connectivity index (χ3n) is 6.18. The van der Waals surface area contributed by atoms with Crippen LogP contribution < -0.4 is 5.32 Å². The molecule has 0 unspecified atom stereocenters. The number of aliphatic carboxylic acids is 1. The molecule has 0 saturated carbocycles. The van der Waals surface area contributed by atoms with Crippen LogP contribution in [0.25, 0.3) is 0 Å². The second kappa shape index (κ2) is 12.6. The monoisotopic (exact) mass is 523 g/mol. The quantitative estimate of drug-likeness (QED) is 0.322. The molecule has 9 heteroatoms. The largest absolute Gasteiger partial charge is 0.478 e. The van der Waals surface area contributed by atoms with E-state index in [4.69, 9.17) is 4.74 Å². The molecule has 212 valence electrons. The van der Waals surface area contributed by atoms with E-state index < -0.39 is 52.5 Å². The predicted molar refractivity (Wildman–Crippen MR) is 146 cm³/mol. The molecule has 9 nitrogen and oxygen atoms in total. The summed E-state index contributed by atoms with van der Waals surface area (Å²) in [6, 6.07) is -2.48. The smallest absolute Gasteiger partial charge is 0.410 e. The van der Waals surface area contributed by atoms with Crippen molar-refractivity contribution >= 4 is 23.9 Å². The highest BCUT2D eigenvalue weighted by atomic mass is 16.6. The predicted octanol–water partition coefficient (Wildman–Crippen LogP) is 4.48. The summed E-state index contributed by atoms with van der Waals surface area (Å²) >= 11 is 0. The average Bonchev–Trinajstić information content (AvgIpc) is 2.72. The summed E-state index contributed by atoms with van der Waals surface area (Å²) in [6.07, 6.45) is 2.46. The van der Waals surface area contributed by atoms with Gasteiger partial charge in [0.2, 0.25) is 11.8 Å². The molecule has 0 aromatic rings. The molecule has 0 bridgehead atoms. The van der Waals surface area contributed by atoms with Gasteiger partial charge in [-0.15, -0.1) is 6.58 Å². The van der Waals surface area contributed by atoms with Crippen molar-refractivity contribution in [3.05, 3.63) is 24.3 Å². The van der Waals surface area contributed by atoms with E-state index in [0.29, 0.717) is 0 Å². The van der Waals surface area contributed by atoms with Gasteiger partial charge in [-0.3, -0.25) is 14.5 Å². The first-order chi connectivity index (χ1) is 16.5. The van der Waals surface area contributed by atoms with E-state index in [9.17, 15) is 24.3 Å². The highest BCUT2D eigenvalue weighted by Gasteiger charge is 2.44. The molecule has 0 radical (unpaired) electrons. The molecule has 0 aromatic heterocycles. The highest BCUT2D eigenvalue weighted by Crippen LogP contribution is 2.29.